The Balaban J connectivity index is 1.54. The summed E-state index contributed by atoms with van der Waals surface area (Å²) in [5.41, 5.74) is -0.122. The molecule has 2 aliphatic heterocycles. The van der Waals surface area contributed by atoms with Crippen molar-refractivity contribution in [2.24, 2.45) is 17.3 Å². The molecule has 3 atom stereocenters. The molecule has 0 spiro atoms. The van der Waals surface area contributed by atoms with Crippen LogP contribution in [-0.2, 0) is 24.3 Å². The molecule has 2 heterocycles. The highest BCUT2D eigenvalue weighted by molar-refractivity contribution is 7.89. The summed E-state index contributed by atoms with van der Waals surface area (Å²) in [6.07, 6.45) is 2.20. The lowest BCUT2D eigenvalue weighted by Gasteiger charge is -2.53. The van der Waals surface area contributed by atoms with Gasteiger partial charge in [0.15, 0.2) is 0 Å². The van der Waals surface area contributed by atoms with Gasteiger partial charge in [-0.1, -0.05) is 13.8 Å². The van der Waals surface area contributed by atoms with Gasteiger partial charge in [-0.3, -0.25) is 4.79 Å². The van der Waals surface area contributed by atoms with Crippen LogP contribution in [0.1, 0.15) is 40.0 Å². The Morgan fingerprint density at radius 1 is 1.26 bits per heavy atom. The highest BCUT2D eigenvalue weighted by atomic mass is 32.2. The average molecular weight is 345 g/mol. The van der Waals surface area contributed by atoms with Crippen molar-refractivity contribution >= 4 is 16.0 Å². The van der Waals surface area contributed by atoms with E-state index in [-0.39, 0.29) is 35.3 Å². The highest BCUT2D eigenvalue weighted by Gasteiger charge is 2.61. The van der Waals surface area contributed by atoms with Crippen molar-refractivity contribution in [3.05, 3.63) is 0 Å². The number of rotatable bonds is 4. The molecular formula is C16H27NO5S. The van der Waals surface area contributed by atoms with Crippen LogP contribution in [0.3, 0.4) is 0 Å². The van der Waals surface area contributed by atoms with Crippen LogP contribution < -0.4 is 0 Å². The van der Waals surface area contributed by atoms with E-state index in [0.29, 0.717) is 31.8 Å². The third kappa shape index (κ3) is 2.91. The zero-order chi connectivity index (χ0) is 16.8. The molecule has 1 saturated carbocycles. The lowest BCUT2D eigenvalue weighted by molar-refractivity contribution is -0.213. The maximum atomic E-state index is 12.5. The number of hydrogen-bond donors (Lipinski definition) is 0. The first-order chi connectivity index (χ1) is 10.8. The fourth-order valence-corrected chi connectivity index (χ4v) is 5.42. The topological polar surface area (TPSA) is 72.9 Å². The Bertz CT molecular complexity index is 565. The predicted molar refractivity (Wildman–Crippen MR) is 85.3 cm³/mol. The first kappa shape index (κ1) is 17.2. The van der Waals surface area contributed by atoms with E-state index in [1.54, 1.807) is 6.92 Å². The summed E-state index contributed by atoms with van der Waals surface area (Å²) in [6.45, 7) is 7.41. The summed E-state index contributed by atoms with van der Waals surface area (Å²) in [4.78, 5) is 12.5. The van der Waals surface area contributed by atoms with Crippen molar-refractivity contribution in [2.45, 2.75) is 52.2 Å². The lowest BCUT2D eigenvalue weighted by atomic mass is 9.59. The van der Waals surface area contributed by atoms with Gasteiger partial charge in [-0.25, -0.2) is 12.7 Å². The Morgan fingerprint density at radius 2 is 1.91 bits per heavy atom. The maximum absolute atomic E-state index is 12.5. The second-order valence-corrected chi connectivity index (χ2v) is 9.75. The molecule has 2 saturated heterocycles. The maximum Gasteiger partial charge on any atom is 0.309 e. The van der Waals surface area contributed by atoms with Gasteiger partial charge in [0, 0.05) is 31.0 Å². The zero-order valence-corrected chi connectivity index (χ0v) is 15.0. The molecule has 0 bridgehead atoms. The molecule has 0 N–H and O–H groups in total. The van der Waals surface area contributed by atoms with Crippen LogP contribution in [0.2, 0.25) is 0 Å². The number of nitrogens with zero attached hydrogens (tertiary/aromatic N) is 1. The van der Waals surface area contributed by atoms with Gasteiger partial charge in [-0.15, -0.1) is 0 Å². The Kier molecular flexibility index (Phi) is 4.48. The van der Waals surface area contributed by atoms with Crippen molar-refractivity contribution in [1.82, 2.24) is 4.31 Å². The van der Waals surface area contributed by atoms with Crippen molar-refractivity contribution in [2.75, 3.05) is 25.4 Å². The molecule has 0 unspecified atom stereocenters. The van der Waals surface area contributed by atoms with Crippen LogP contribution in [0.15, 0.2) is 0 Å². The number of sulfonamides is 1. The molecule has 1 aliphatic carbocycles. The second-order valence-electron chi connectivity index (χ2n) is 7.50. The summed E-state index contributed by atoms with van der Waals surface area (Å²) in [6, 6.07) is 0. The summed E-state index contributed by atoms with van der Waals surface area (Å²) in [7, 11) is -3.15. The monoisotopic (exact) mass is 345 g/mol. The standard InChI is InChI=1S/C16H27NO5S/c1-4-23(19,20)17-8-5-11(6-9-17)15(18)22-14-12-7-10-21-13(12)16(14,2)3/h11-14H,4-10H2,1-3H3/t12-,13+,14-/m1/s1. The van der Waals surface area contributed by atoms with E-state index < -0.39 is 10.0 Å². The number of fused-ring (bicyclic) bond motifs is 1. The lowest BCUT2D eigenvalue weighted by Crippen LogP contribution is -2.61. The molecule has 7 heteroatoms. The molecule has 0 radical (unpaired) electrons. The number of ether oxygens (including phenoxy) is 2. The molecule has 0 aromatic carbocycles. The van der Waals surface area contributed by atoms with Gasteiger partial charge in [-0.2, -0.15) is 0 Å². The fourth-order valence-electron chi connectivity index (χ4n) is 4.29. The van der Waals surface area contributed by atoms with Gasteiger partial charge < -0.3 is 9.47 Å². The largest absolute Gasteiger partial charge is 0.461 e. The Hall–Kier alpha value is -0.660. The molecule has 0 aromatic heterocycles. The third-order valence-electron chi connectivity index (χ3n) is 5.78. The molecule has 0 amide bonds. The summed E-state index contributed by atoms with van der Waals surface area (Å²) in [5, 5.41) is 0. The molecule has 3 rings (SSSR count). The van der Waals surface area contributed by atoms with Crippen molar-refractivity contribution < 1.29 is 22.7 Å². The van der Waals surface area contributed by atoms with Gasteiger partial charge in [0.05, 0.1) is 17.8 Å². The Labute approximate surface area is 138 Å². The fraction of sp³-hybridized carbons (Fsp3) is 0.938. The van der Waals surface area contributed by atoms with Crippen molar-refractivity contribution in [3.63, 3.8) is 0 Å². The smallest absolute Gasteiger partial charge is 0.309 e. The number of carbonyl (C=O) groups excluding carboxylic acids is 1. The minimum Gasteiger partial charge on any atom is -0.461 e. The van der Waals surface area contributed by atoms with E-state index in [2.05, 4.69) is 13.8 Å². The van der Waals surface area contributed by atoms with Crippen LogP contribution in [0, 0.1) is 17.3 Å². The molecular weight excluding hydrogens is 318 g/mol. The third-order valence-corrected chi connectivity index (χ3v) is 7.66. The average Bonchev–Trinajstić information content (AvgIpc) is 2.99. The van der Waals surface area contributed by atoms with E-state index in [9.17, 15) is 13.2 Å². The normalized spacial score (nSPS) is 34.7. The quantitative estimate of drug-likeness (QED) is 0.720. The number of hydrogen-bond acceptors (Lipinski definition) is 5. The van der Waals surface area contributed by atoms with Crippen LogP contribution >= 0.6 is 0 Å². The van der Waals surface area contributed by atoms with E-state index in [4.69, 9.17) is 9.47 Å². The van der Waals surface area contributed by atoms with Crippen LogP contribution in [0.5, 0.6) is 0 Å². The number of carbonyl (C=O) groups is 1. The number of piperidine rings is 1. The molecule has 0 aromatic rings. The summed E-state index contributed by atoms with van der Waals surface area (Å²) >= 11 is 0. The first-order valence-corrected chi connectivity index (χ1v) is 10.2. The van der Waals surface area contributed by atoms with Crippen LogP contribution in [0.25, 0.3) is 0 Å². The second kappa shape index (κ2) is 6.01. The molecule has 3 aliphatic rings. The van der Waals surface area contributed by atoms with E-state index in [1.165, 1.54) is 4.31 Å². The minimum atomic E-state index is -3.15. The highest BCUT2D eigenvalue weighted by Crippen LogP contribution is 2.54. The van der Waals surface area contributed by atoms with E-state index in [1.807, 2.05) is 0 Å². The SMILES string of the molecule is CCS(=O)(=O)N1CCC(C(=O)O[C@@H]2[C@@H]3CCO[C@@H]3C2(C)C)CC1. The van der Waals surface area contributed by atoms with Crippen LogP contribution in [-0.4, -0.2) is 56.3 Å². The van der Waals surface area contributed by atoms with E-state index in [0.717, 1.165) is 13.0 Å². The van der Waals surface area contributed by atoms with Gasteiger partial charge in [0.2, 0.25) is 10.0 Å². The van der Waals surface area contributed by atoms with Gasteiger partial charge in [0.25, 0.3) is 0 Å². The van der Waals surface area contributed by atoms with E-state index >= 15 is 0 Å². The van der Waals surface area contributed by atoms with Gasteiger partial charge in [0.1, 0.15) is 6.10 Å². The molecule has 3 fully saturated rings. The number of esters is 1. The van der Waals surface area contributed by atoms with Crippen LogP contribution in [0.4, 0.5) is 0 Å². The van der Waals surface area contributed by atoms with Crippen molar-refractivity contribution in [1.29, 1.82) is 0 Å². The molecule has 23 heavy (non-hydrogen) atoms. The zero-order valence-electron chi connectivity index (χ0n) is 14.2. The molecule has 6 nitrogen and oxygen atoms in total. The first-order valence-electron chi connectivity index (χ1n) is 8.57. The van der Waals surface area contributed by atoms with Gasteiger partial charge in [-0.05, 0) is 26.2 Å². The minimum absolute atomic E-state index is 0.0695. The Morgan fingerprint density at radius 3 is 2.52 bits per heavy atom. The van der Waals surface area contributed by atoms with Gasteiger partial charge >= 0.3 is 5.97 Å². The summed E-state index contributed by atoms with van der Waals surface area (Å²) < 4.78 is 36.8. The summed E-state index contributed by atoms with van der Waals surface area (Å²) in [5.74, 6) is 0.0912. The molecule has 132 valence electrons. The predicted octanol–water partition coefficient (Wildman–Crippen LogP) is 1.40. The van der Waals surface area contributed by atoms with Crippen molar-refractivity contribution in [3.8, 4) is 0 Å².